The molecular weight excluding hydrogens is 486 g/mol. The molecule has 0 aliphatic carbocycles. The van der Waals surface area contributed by atoms with E-state index in [0.717, 1.165) is 22.3 Å². The number of thioether (sulfide) groups is 1. The minimum atomic E-state index is -0.880. The van der Waals surface area contributed by atoms with Crippen LogP contribution in [0.5, 0.6) is 0 Å². The Balaban J connectivity index is 2.50. The first-order chi connectivity index (χ1) is 17.4. The zero-order valence-corrected chi connectivity index (χ0v) is 24.1. The number of nitrogens with zero attached hydrogens (tertiary/aromatic N) is 1. The topological polar surface area (TPSA) is 87.7 Å². The van der Waals surface area contributed by atoms with Crippen molar-refractivity contribution in [1.82, 2.24) is 10.2 Å². The third-order valence-corrected chi connectivity index (χ3v) is 6.56. The van der Waals surface area contributed by atoms with Gasteiger partial charge in [0.05, 0.1) is 0 Å². The Kier molecular flexibility index (Phi) is 11.0. The number of hydrogen-bond acceptors (Lipinski definition) is 5. The van der Waals surface area contributed by atoms with Gasteiger partial charge in [0.15, 0.2) is 0 Å². The number of aryl methyl sites for hydroxylation is 3. The lowest BCUT2D eigenvalue weighted by Gasteiger charge is -2.34. The Morgan fingerprint density at radius 1 is 1.03 bits per heavy atom. The lowest BCUT2D eigenvalue weighted by molar-refractivity contribution is -0.140. The lowest BCUT2D eigenvalue weighted by atomic mass is 9.96. The van der Waals surface area contributed by atoms with E-state index in [9.17, 15) is 14.4 Å². The highest BCUT2D eigenvalue weighted by Crippen LogP contribution is 2.29. The summed E-state index contributed by atoms with van der Waals surface area (Å²) < 4.78 is 5.42. The molecule has 7 nitrogen and oxygen atoms in total. The van der Waals surface area contributed by atoms with Gasteiger partial charge in [-0.15, -0.1) is 0 Å². The molecule has 202 valence electrons. The van der Waals surface area contributed by atoms with E-state index < -0.39 is 23.8 Å². The molecule has 2 aromatic carbocycles. The third kappa shape index (κ3) is 8.81. The van der Waals surface area contributed by atoms with E-state index in [1.165, 1.54) is 0 Å². The van der Waals surface area contributed by atoms with E-state index in [2.05, 4.69) is 10.6 Å². The molecular formula is C29H41N3O4S. The van der Waals surface area contributed by atoms with Crippen molar-refractivity contribution in [1.29, 1.82) is 0 Å². The summed E-state index contributed by atoms with van der Waals surface area (Å²) >= 11 is 1.58. The van der Waals surface area contributed by atoms with Crippen molar-refractivity contribution in [3.8, 4) is 0 Å². The summed E-state index contributed by atoms with van der Waals surface area (Å²) in [5, 5.41) is 5.79. The maximum Gasteiger partial charge on any atom is 0.408 e. The van der Waals surface area contributed by atoms with Gasteiger partial charge in [-0.05, 0) is 89.7 Å². The summed E-state index contributed by atoms with van der Waals surface area (Å²) in [5.41, 5.74) is 3.57. The highest BCUT2D eigenvalue weighted by molar-refractivity contribution is 7.98. The molecule has 3 amide bonds. The lowest BCUT2D eigenvalue weighted by Crippen LogP contribution is -2.52. The molecule has 2 rings (SSSR count). The Hall–Kier alpha value is -3.00. The van der Waals surface area contributed by atoms with E-state index in [4.69, 9.17) is 4.74 Å². The smallest absolute Gasteiger partial charge is 0.408 e. The summed E-state index contributed by atoms with van der Waals surface area (Å²) in [5.74, 6) is 0.0279. The van der Waals surface area contributed by atoms with Crippen molar-refractivity contribution < 1.29 is 19.1 Å². The highest BCUT2D eigenvalue weighted by Gasteiger charge is 2.36. The molecule has 2 aromatic rings. The van der Waals surface area contributed by atoms with Crippen molar-refractivity contribution in [2.75, 3.05) is 23.9 Å². The number of likely N-dealkylation sites (N-methyl/N-ethyl adjacent to an activating group) is 1. The van der Waals surface area contributed by atoms with Gasteiger partial charge in [0.25, 0.3) is 5.91 Å². The summed E-state index contributed by atoms with van der Waals surface area (Å²) in [6, 6.07) is 11.7. The van der Waals surface area contributed by atoms with Gasteiger partial charge in [0.1, 0.15) is 17.7 Å². The largest absolute Gasteiger partial charge is 0.444 e. The minimum absolute atomic E-state index is 0.282. The molecule has 2 atom stereocenters. The molecule has 2 N–H and O–H groups in total. The van der Waals surface area contributed by atoms with E-state index in [1.807, 2.05) is 76.4 Å². The third-order valence-electron chi connectivity index (χ3n) is 5.92. The highest BCUT2D eigenvalue weighted by atomic mass is 32.2. The molecule has 0 spiro atoms. The molecule has 0 heterocycles. The number of nitrogens with one attached hydrogen (secondary N) is 2. The fourth-order valence-corrected chi connectivity index (χ4v) is 4.50. The van der Waals surface area contributed by atoms with Crippen LogP contribution in [0.2, 0.25) is 0 Å². The number of amides is 3. The Bertz CT molecular complexity index is 1100. The average Bonchev–Trinajstić information content (AvgIpc) is 2.81. The van der Waals surface area contributed by atoms with E-state index in [1.54, 1.807) is 37.4 Å². The van der Waals surface area contributed by atoms with E-state index >= 15 is 0 Å². The zero-order valence-electron chi connectivity index (χ0n) is 23.3. The van der Waals surface area contributed by atoms with Crippen molar-refractivity contribution in [3.05, 3.63) is 64.7 Å². The molecule has 0 radical (unpaired) electrons. The van der Waals surface area contributed by atoms with Crippen LogP contribution in [0.4, 0.5) is 10.5 Å². The fraction of sp³-hybridized carbons (Fsp3) is 0.483. The van der Waals surface area contributed by atoms with Gasteiger partial charge < -0.3 is 20.3 Å². The van der Waals surface area contributed by atoms with Crippen molar-refractivity contribution in [3.63, 3.8) is 0 Å². The first-order valence-corrected chi connectivity index (χ1v) is 14.0. The van der Waals surface area contributed by atoms with Gasteiger partial charge in [-0.3, -0.25) is 9.59 Å². The summed E-state index contributed by atoms with van der Waals surface area (Å²) in [7, 11) is 0. The van der Waals surface area contributed by atoms with Gasteiger partial charge in [0.2, 0.25) is 5.91 Å². The van der Waals surface area contributed by atoms with Crippen LogP contribution in [0.1, 0.15) is 62.4 Å². The normalized spacial score (nSPS) is 12.9. The predicted molar refractivity (Wildman–Crippen MR) is 152 cm³/mol. The Morgan fingerprint density at radius 2 is 1.70 bits per heavy atom. The maximum absolute atomic E-state index is 14.0. The first kappa shape index (κ1) is 30.2. The van der Waals surface area contributed by atoms with Crippen molar-refractivity contribution in [2.24, 2.45) is 0 Å². The molecule has 0 saturated heterocycles. The van der Waals surface area contributed by atoms with Gasteiger partial charge >= 0.3 is 6.09 Å². The van der Waals surface area contributed by atoms with Crippen LogP contribution in [-0.2, 0) is 14.3 Å². The van der Waals surface area contributed by atoms with Gasteiger partial charge in [0, 0.05) is 12.2 Å². The van der Waals surface area contributed by atoms with Crippen molar-refractivity contribution >= 4 is 35.4 Å². The SMILES string of the molecule is CCN(C(=O)C(CCSC)NC(=O)OC(C)(C)C)C(C(=O)Nc1ccccc1C)c1cc(C)ccc1C. The molecule has 0 aliphatic rings. The average molecular weight is 528 g/mol. The predicted octanol–water partition coefficient (Wildman–Crippen LogP) is 5.79. The van der Waals surface area contributed by atoms with E-state index in [0.29, 0.717) is 17.9 Å². The van der Waals surface area contributed by atoms with Gasteiger partial charge in [-0.25, -0.2) is 4.79 Å². The number of carbonyl (C=O) groups excluding carboxylic acids is 3. The quantitative estimate of drug-likeness (QED) is 0.409. The fourth-order valence-electron chi connectivity index (χ4n) is 4.03. The Morgan fingerprint density at radius 3 is 2.30 bits per heavy atom. The molecule has 0 aromatic heterocycles. The Labute approximate surface area is 225 Å². The number of rotatable bonds is 10. The molecule has 0 bridgehead atoms. The molecule has 2 unspecified atom stereocenters. The van der Waals surface area contributed by atoms with Crippen LogP contribution >= 0.6 is 11.8 Å². The number of benzene rings is 2. The molecule has 0 aliphatic heterocycles. The molecule has 0 fully saturated rings. The summed E-state index contributed by atoms with van der Waals surface area (Å²) in [4.78, 5) is 42.0. The van der Waals surface area contributed by atoms with Crippen LogP contribution in [0.25, 0.3) is 0 Å². The number of anilines is 1. The zero-order chi connectivity index (χ0) is 27.8. The molecule has 37 heavy (non-hydrogen) atoms. The van der Waals surface area contributed by atoms with Crippen LogP contribution in [0.15, 0.2) is 42.5 Å². The van der Waals surface area contributed by atoms with E-state index in [-0.39, 0.29) is 18.4 Å². The van der Waals surface area contributed by atoms with Gasteiger partial charge in [-0.2, -0.15) is 11.8 Å². The molecule has 0 saturated carbocycles. The second-order valence-electron chi connectivity index (χ2n) is 10.2. The number of ether oxygens (including phenoxy) is 1. The number of hydrogen-bond donors (Lipinski definition) is 2. The second-order valence-corrected chi connectivity index (χ2v) is 11.2. The van der Waals surface area contributed by atoms with Crippen LogP contribution in [0.3, 0.4) is 0 Å². The first-order valence-electron chi connectivity index (χ1n) is 12.6. The van der Waals surface area contributed by atoms with Crippen molar-refractivity contribution in [2.45, 2.75) is 72.6 Å². The number of para-hydroxylation sites is 1. The second kappa shape index (κ2) is 13.5. The number of carbonyl (C=O) groups is 3. The minimum Gasteiger partial charge on any atom is -0.444 e. The van der Waals surface area contributed by atoms with Crippen LogP contribution in [-0.4, -0.2) is 53.0 Å². The number of alkyl carbamates (subject to hydrolysis) is 1. The summed E-state index contributed by atoms with van der Waals surface area (Å²) in [6.45, 7) is 13.3. The van der Waals surface area contributed by atoms with Crippen LogP contribution in [0, 0.1) is 20.8 Å². The van der Waals surface area contributed by atoms with Gasteiger partial charge in [-0.1, -0.05) is 42.0 Å². The standard InChI is InChI=1S/C29H41N3O4S/c1-9-32(27(34)24(16-17-37-8)31-28(35)36-29(5,6)7)25(22-18-19(2)14-15-20(22)3)26(33)30-23-13-11-10-12-21(23)4/h10-15,18,24-25H,9,16-17H2,1-8H3,(H,30,33)(H,31,35). The maximum atomic E-state index is 14.0. The molecule has 8 heteroatoms. The van der Waals surface area contributed by atoms with Crippen LogP contribution < -0.4 is 10.6 Å². The monoisotopic (exact) mass is 527 g/mol. The summed E-state index contributed by atoms with van der Waals surface area (Å²) in [6.07, 6.45) is 1.70.